The first kappa shape index (κ1) is 14.7. The Morgan fingerprint density at radius 2 is 2.17 bits per heavy atom. The molecule has 1 aliphatic heterocycles. The van der Waals surface area contributed by atoms with Gasteiger partial charge in [0.2, 0.25) is 5.91 Å². The predicted molar refractivity (Wildman–Crippen MR) is 69.1 cm³/mol. The Morgan fingerprint density at radius 3 is 2.78 bits per heavy atom. The fourth-order valence-corrected chi connectivity index (χ4v) is 1.95. The number of rotatable bonds is 4. The van der Waals surface area contributed by atoms with E-state index in [2.05, 4.69) is 4.90 Å². The van der Waals surface area contributed by atoms with Gasteiger partial charge in [-0.1, -0.05) is 13.0 Å². The number of likely N-dealkylation sites (N-methyl/N-ethyl adjacent to an activating group) is 1. The second-order valence-corrected chi connectivity index (χ2v) is 4.48. The van der Waals surface area contributed by atoms with Crippen molar-refractivity contribution in [1.29, 1.82) is 0 Å². The molecule has 0 aromatic heterocycles. The Hall–Kier alpha value is -1.36. The van der Waals surface area contributed by atoms with Crippen LogP contribution >= 0.6 is 0 Å². The monoisotopic (exact) mass is 254 g/mol. The third-order valence-electron chi connectivity index (χ3n) is 3.18. The highest BCUT2D eigenvalue weighted by molar-refractivity contribution is 5.88. The maximum Gasteiger partial charge on any atom is 0.333 e. The van der Waals surface area contributed by atoms with Crippen molar-refractivity contribution in [2.24, 2.45) is 0 Å². The average Bonchev–Trinajstić information content (AvgIpc) is 2.52. The van der Waals surface area contributed by atoms with Crippen LogP contribution < -0.4 is 0 Å². The lowest BCUT2D eigenvalue weighted by Crippen LogP contribution is -2.34. The minimum atomic E-state index is -0.282. The van der Waals surface area contributed by atoms with Crippen molar-refractivity contribution in [3.8, 4) is 0 Å². The van der Waals surface area contributed by atoms with Crippen LogP contribution in [0.2, 0.25) is 0 Å². The van der Waals surface area contributed by atoms with E-state index in [1.54, 1.807) is 4.90 Å². The van der Waals surface area contributed by atoms with Crippen molar-refractivity contribution < 1.29 is 14.3 Å². The van der Waals surface area contributed by atoms with Crippen LogP contribution in [-0.4, -0.2) is 62.0 Å². The molecule has 1 saturated heterocycles. The van der Waals surface area contributed by atoms with Gasteiger partial charge in [0.1, 0.15) is 0 Å². The summed E-state index contributed by atoms with van der Waals surface area (Å²) in [5.74, 6) is -0.146. The smallest absolute Gasteiger partial charge is 0.333 e. The van der Waals surface area contributed by atoms with E-state index >= 15 is 0 Å². The first-order valence-electron chi connectivity index (χ1n) is 6.32. The van der Waals surface area contributed by atoms with Crippen LogP contribution in [0.25, 0.3) is 0 Å². The molecule has 102 valence electrons. The SMILES string of the molecule is CCC(=CCN1CCCN(C)C(=O)C1)C(=O)OC. The van der Waals surface area contributed by atoms with Gasteiger partial charge in [0.15, 0.2) is 0 Å². The first-order valence-corrected chi connectivity index (χ1v) is 6.32. The third-order valence-corrected chi connectivity index (χ3v) is 3.18. The second-order valence-electron chi connectivity index (χ2n) is 4.48. The summed E-state index contributed by atoms with van der Waals surface area (Å²) in [7, 11) is 3.21. The standard InChI is InChI=1S/C13H22N2O3/c1-4-11(13(17)18-3)6-9-15-8-5-7-14(2)12(16)10-15/h6H,4-5,7-10H2,1-3H3. The maximum absolute atomic E-state index is 11.7. The molecule has 18 heavy (non-hydrogen) atoms. The number of methoxy groups -OCH3 is 1. The number of nitrogens with zero attached hydrogens (tertiary/aromatic N) is 2. The number of hydrogen-bond donors (Lipinski definition) is 0. The number of amides is 1. The Bertz CT molecular complexity index is 339. The van der Waals surface area contributed by atoms with Gasteiger partial charge in [-0.2, -0.15) is 0 Å². The zero-order chi connectivity index (χ0) is 13.5. The van der Waals surface area contributed by atoms with Crippen molar-refractivity contribution in [2.45, 2.75) is 19.8 Å². The molecule has 1 heterocycles. The molecule has 0 bridgehead atoms. The molecule has 0 aromatic carbocycles. The molecule has 0 spiro atoms. The van der Waals surface area contributed by atoms with Gasteiger partial charge >= 0.3 is 5.97 Å². The molecule has 0 atom stereocenters. The van der Waals surface area contributed by atoms with Crippen LogP contribution in [0.3, 0.4) is 0 Å². The summed E-state index contributed by atoms with van der Waals surface area (Å²) in [5, 5.41) is 0. The normalized spacial score (nSPS) is 18.7. The lowest BCUT2D eigenvalue weighted by Gasteiger charge is -2.17. The first-order chi connectivity index (χ1) is 8.58. The quantitative estimate of drug-likeness (QED) is 0.546. The summed E-state index contributed by atoms with van der Waals surface area (Å²) in [4.78, 5) is 26.9. The molecule has 0 N–H and O–H groups in total. The van der Waals surface area contributed by atoms with Gasteiger partial charge in [-0.3, -0.25) is 9.69 Å². The van der Waals surface area contributed by atoms with Crippen LogP contribution in [0.1, 0.15) is 19.8 Å². The highest BCUT2D eigenvalue weighted by Crippen LogP contribution is 2.06. The van der Waals surface area contributed by atoms with Crippen LogP contribution in [0, 0.1) is 0 Å². The number of carbonyl (C=O) groups excluding carboxylic acids is 2. The fraction of sp³-hybridized carbons (Fsp3) is 0.692. The summed E-state index contributed by atoms with van der Waals surface area (Å²) in [6.07, 6.45) is 3.48. The van der Waals surface area contributed by atoms with Crippen LogP contribution in [0.5, 0.6) is 0 Å². The zero-order valence-electron chi connectivity index (χ0n) is 11.4. The molecule has 5 heteroatoms. The predicted octanol–water partition coefficient (Wildman–Crippen LogP) is 0.660. The van der Waals surface area contributed by atoms with Crippen molar-refractivity contribution in [3.05, 3.63) is 11.6 Å². The summed E-state index contributed by atoms with van der Waals surface area (Å²) >= 11 is 0. The number of hydrogen-bond acceptors (Lipinski definition) is 4. The van der Waals surface area contributed by atoms with E-state index in [9.17, 15) is 9.59 Å². The summed E-state index contributed by atoms with van der Waals surface area (Å²) in [6.45, 7) is 4.65. The number of carbonyl (C=O) groups is 2. The summed E-state index contributed by atoms with van der Waals surface area (Å²) in [6, 6.07) is 0. The van der Waals surface area contributed by atoms with Gasteiger partial charge in [-0.05, 0) is 12.8 Å². The highest BCUT2D eigenvalue weighted by Gasteiger charge is 2.18. The Kier molecular flexibility index (Phi) is 5.85. The minimum Gasteiger partial charge on any atom is -0.466 e. The van der Waals surface area contributed by atoms with E-state index < -0.39 is 0 Å². The molecule has 0 unspecified atom stereocenters. The van der Waals surface area contributed by atoms with Crippen molar-refractivity contribution >= 4 is 11.9 Å². The molecular formula is C13H22N2O3. The van der Waals surface area contributed by atoms with Crippen LogP contribution in [0.4, 0.5) is 0 Å². The topological polar surface area (TPSA) is 49.9 Å². The van der Waals surface area contributed by atoms with Crippen LogP contribution in [0.15, 0.2) is 11.6 Å². The Balaban J connectivity index is 2.58. The lowest BCUT2D eigenvalue weighted by atomic mass is 10.2. The van der Waals surface area contributed by atoms with Crippen molar-refractivity contribution in [1.82, 2.24) is 9.80 Å². The molecule has 1 fully saturated rings. The molecule has 0 saturated carbocycles. The van der Waals surface area contributed by atoms with Gasteiger partial charge in [-0.25, -0.2) is 4.79 Å². The number of esters is 1. The fourth-order valence-electron chi connectivity index (χ4n) is 1.95. The van der Waals surface area contributed by atoms with Crippen LogP contribution in [-0.2, 0) is 14.3 Å². The largest absolute Gasteiger partial charge is 0.466 e. The van der Waals surface area contributed by atoms with E-state index in [0.717, 1.165) is 19.5 Å². The average molecular weight is 254 g/mol. The Morgan fingerprint density at radius 1 is 1.44 bits per heavy atom. The van der Waals surface area contributed by atoms with E-state index in [-0.39, 0.29) is 11.9 Å². The van der Waals surface area contributed by atoms with E-state index in [1.807, 2.05) is 20.0 Å². The highest BCUT2D eigenvalue weighted by atomic mass is 16.5. The molecular weight excluding hydrogens is 232 g/mol. The molecule has 0 radical (unpaired) electrons. The summed E-state index contributed by atoms with van der Waals surface area (Å²) < 4.78 is 4.71. The van der Waals surface area contributed by atoms with E-state index in [1.165, 1.54) is 7.11 Å². The third kappa shape index (κ3) is 4.14. The molecule has 1 amide bonds. The molecule has 1 rings (SSSR count). The van der Waals surface area contributed by atoms with Gasteiger partial charge in [0.25, 0.3) is 0 Å². The minimum absolute atomic E-state index is 0.136. The van der Waals surface area contributed by atoms with Gasteiger partial charge in [-0.15, -0.1) is 0 Å². The lowest BCUT2D eigenvalue weighted by molar-refractivity contribution is -0.136. The zero-order valence-corrected chi connectivity index (χ0v) is 11.4. The van der Waals surface area contributed by atoms with E-state index in [0.29, 0.717) is 25.1 Å². The number of ether oxygens (including phenoxy) is 1. The summed E-state index contributed by atoms with van der Waals surface area (Å²) in [5.41, 5.74) is 0.669. The van der Waals surface area contributed by atoms with Crippen molar-refractivity contribution in [2.75, 3.05) is 40.3 Å². The second kappa shape index (κ2) is 7.16. The molecule has 0 aromatic rings. The Labute approximate surface area is 108 Å². The van der Waals surface area contributed by atoms with E-state index in [4.69, 9.17) is 4.74 Å². The molecule has 0 aliphatic carbocycles. The maximum atomic E-state index is 11.7. The van der Waals surface area contributed by atoms with Crippen molar-refractivity contribution in [3.63, 3.8) is 0 Å². The van der Waals surface area contributed by atoms with Gasteiger partial charge in [0, 0.05) is 32.3 Å². The molecule has 1 aliphatic rings. The molecule has 5 nitrogen and oxygen atoms in total. The van der Waals surface area contributed by atoms with Gasteiger partial charge in [0.05, 0.1) is 13.7 Å². The van der Waals surface area contributed by atoms with Gasteiger partial charge < -0.3 is 9.64 Å².